The van der Waals surface area contributed by atoms with Gasteiger partial charge in [0.15, 0.2) is 0 Å². The Morgan fingerprint density at radius 1 is 1.29 bits per heavy atom. The predicted octanol–water partition coefficient (Wildman–Crippen LogP) is 1.99. The monoisotopic (exact) mass is 348 g/mol. The van der Waals surface area contributed by atoms with E-state index in [2.05, 4.69) is 32.4 Å². The third-order valence-electron chi connectivity index (χ3n) is 5.10. The summed E-state index contributed by atoms with van der Waals surface area (Å²) in [6.45, 7) is 4.82. The molecule has 132 valence electrons. The molecule has 0 unspecified atom stereocenters. The predicted molar refractivity (Wildman–Crippen MR) is 101 cm³/mol. The van der Waals surface area contributed by atoms with Crippen LogP contribution in [-0.4, -0.2) is 66.1 Å². The van der Waals surface area contributed by atoms with Gasteiger partial charge in [0, 0.05) is 56.6 Å². The summed E-state index contributed by atoms with van der Waals surface area (Å²) in [7, 11) is 0. The molecule has 1 saturated carbocycles. The number of pyridine rings is 1. The maximum absolute atomic E-state index is 12.2. The quantitative estimate of drug-likeness (QED) is 0.852. The average Bonchev–Trinajstić information content (AvgIpc) is 3.08. The van der Waals surface area contributed by atoms with Crippen LogP contribution in [0.15, 0.2) is 24.4 Å². The molecule has 1 aromatic heterocycles. The van der Waals surface area contributed by atoms with E-state index in [1.807, 2.05) is 30.1 Å². The van der Waals surface area contributed by atoms with E-state index in [4.69, 9.17) is 0 Å². The van der Waals surface area contributed by atoms with Crippen LogP contribution in [-0.2, 0) is 4.79 Å². The SMILES string of the molecule is CS[C@@H]1CCC[C@@H]1NC(=O)CCN1CCN(c2ccccn2)CC1. The maximum atomic E-state index is 12.2. The van der Waals surface area contributed by atoms with E-state index in [0.717, 1.165) is 45.0 Å². The van der Waals surface area contributed by atoms with E-state index in [1.165, 1.54) is 12.8 Å². The molecule has 2 fully saturated rings. The lowest BCUT2D eigenvalue weighted by molar-refractivity contribution is -0.122. The second-order valence-corrected chi connectivity index (χ2v) is 7.72. The third-order valence-corrected chi connectivity index (χ3v) is 6.27. The fourth-order valence-electron chi connectivity index (χ4n) is 3.65. The van der Waals surface area contributed by atoms with Gasteiger partial charge in [-0.3, -0.25) is 9.69 Å². The summed E-state index contributed by atoms with van der Waals surface area (Å²) in [4.78, 5) is 21.3. The van der Waals surface area contributed by atoms with Crippen LogP contribution in [0, 0.1) is 0 Å². The number of amides is 1. The Balaban J connectivity index is 1.36. The Labute approximate surface area is 149 Å². The summed E-state index contributed by atoms with van der Waals surface area (Å²) in [5.41, 5.74) is 0. The van der Waals surface area contributed by atoms with Gasteiger partial charge in [-0.2, -0.15) is 11.8 Å². The molecule has 0 spiro atoms. The molecule has 0 aromatic carbocycles. The number of hydrogen-bond donors (Lipinski definition) is 1. The fourth-order valence-corrected chi connectivity index (χ4v) is 4.59. The van der Waals surface area contributed by atoms with Crippen molar-refractivity contribution in [2.24, 2.45) is 0 Å². The van der Waals surface area contributed by atoms with Crippen molar-refractivity contribution in [3.8, 4) is 0 Å². The molecule has 1 aromatic rings. The van der Waals surface area contributed by atoms with Crippen LogP contribution in [0.4, 0.5) is 5.82 Å². The summed E-state index contributed by atoms with van der Waals surface area (Å²) in [5, 5.41) is 3.85. The molecule has 24 heavy (non-hydrogen) atoms. The summed E-state index contributed by atoms with van der Waals surface area (Å²) in [5.74, 6) is 1.27. The van der Waals surface area contributed by atoms with Gasteiger partial charge in [0.2, 0.25) is 5.91 Å². The summed E-state index contributed by atoms with van der Waals surface area (Å²) in [6, 6.07) is 6.43. The van der Waals surface area contributed by atoms with Gasteiger partial charge >= 0.3 is 0 Å². The van der Waals surface area contributed by atoms with Crippen LogP contribution < -0.4 is 10.2 Å². The second kappa shape index (κ2) is 8.72. The molecule has 0 radical (unpaired) electrons. The first kappa shape index (κ1) is 17.5. The lowest BCUT2D eigenvalue weighted by Gasteiger charge is -2.35. The molecule has 1 aliphatic heterocycles. The molecular weight excluding hydrogens is 320 g/mol. The molecule has 1 N–H and O–H groups in total. The smallest absolute Gasteiger partial charge is 0.221 e. The molecule has 6 heteroatoms. The number of aromatic nitrogens is 1. The molecule has 1 amide bonds. The number of rotatable bonds is 6. The van der Waals surface area contributed by atoms with Gasteiger partial charge in [0.25, 0.3) is 0 Å². The molecule has 1 saturated heterocycles. The van der Waals surface area contributed by atoms with Crippen molar-refractivity contribution in [3.05, 3.63) is 24.4 Å². The first-order valence-electron chi connectivity index (χ1n) is 8.97. The van der Waals surface area contributed by atoms with E-state index in [9.17, 15) is 4.79 Å². The number of thioether (sulfide) groups is 1. The standard InChI is InChI=1S/C18H28N4OS/c1-24-16-6-4-5-15(16)20-18(23)8-10-21-11-13-22(14-12-21)17-7-2-3-9-19-17/h2-3,7,9,15-16H,4-6,8,10-14H2,1H3,(H,20,23)/t15-,16+/m0/s1. The Morgan fingerprint density at radius 3 is 2.83 bits per heavy atom. The van der Waals surface area contributed by atoms with Gasteiger partial charge in [0.05, 0.1) is 0 Å². The normalized spacial score (nSPS) is 25.0. The van der Waals surface area contributed by atoms with E-state index < -0.39 is 0 Å². The van der Waals surface area contributed by atoms with E-state index in [1.54, 1.807) is 0 Å². The van der Waals surface area contributed by atoms with Crippen LogP contribution in [0.1, 0.15) is 25.7 Å². The molecule has 1 aliphatic carbocycles. The molecule has 2 heterocycles. The van der Waals surface area contributed by atoms with Crippen molar-refractivity contribution >= 4 is 23.5 Å². The highest BCUT2D eigenvalue weighted by atomic mass is 32.2. The summed E-state index contributed by atoms with van der Waals surface area (Å²) < 4.78 is 0. The van der Waals surface area contributed by atoms with E-state index in [-0.39, 0.29) is 5.91 Å². The van der Waals surface area contributed by atoms with Gasteiger partial charge in [-0.05, 0) is 31.2 Å². The van der Waals surface area contributed by atoms with Crippen molar-refractivity contribution in [1.29, 1.82) is 0 Å². The van der Waals surface area contributed by atoms with Crippen molar-refractivity contribution in [2.75, 3.05) is 43.9 Å². The maximum Gasteiger partial charge on any atom is 0.221 e. The van der Waals surface area contributed by atoms with E-state index in [0.29, 0.717) is 17.7 Å². The second-order valence-electron chi connectivity index (χ2n) is 6.65. The Bertz CT molecular complexity index is 519. The molecule has 2 atom stereocenters. The van der Waals surface area contributed by atoms with Crippen molar-refractivity contribution in [2.45, 2.75) is 37.0 Å². The van der Waals surface area contributed by atoms with Crippen LogP contribution in [0.2, 0.25) is 0 Å². The van der Waals surface area contributed by atoms with Crippen molar-refractivity contribution < 1.29 is 4.79 Å². The summed E-state index contributed by atoms with van der Waals surface area (Å²) >= 11 is 1.89. The van der Waals surface area contributed by atoms with Gasteiger partial charge in [0.1, 0.15) is 5.82 Å². The van der Waals surface area contributed by atoms with Crippen molar-refractivity contribution in [1.82, 2.24) is 15.2 Å². The lowest BCUT2D eigenvalue weighted by atomic mass is 10.2. The number of nitrogens with zero attached hydrogens (tertiary/aromatic N) is 3. The Kier molecular flexibility index (Phi) is 6.37. The van der Waals surface area contributed by atoms with Crippen molar-refractivity contribution in [3.63, 3.8) is 0 Å². The molecule has 0 bridgehead atoms. The molecule has 2 aliphatic rings. The van der Waals surface area contributed by atoms with Gasteiger partial charge in [-0.1, -0.05) is 12.5 Å². The number of carbonyl (C=O) groups is 1. The number of anilines is 1. The number of nitrogens with one attached hydrogen (secondary N) is 1. The fraction of sp³-hybridized carbons (Fsp3) is 0.667. The van der Waals surface area contributed by atoms with Crippen LogP contribution in [0.3, 0.4) is 0 Å². The minimum atomic E-state index is 0.216. The highest BCUT2D eigenvalue weighted by Gasteiger charge is 2.27. The van der Waals surface area contributed by atoms with E-state index >= 15 is 0 Å². The topological polar surface area (TPSA) is 48.5 Å². The first-order chi connectivity index (χ1) is 11.8. The zero-order valence-electron chi connectivity index (χ0n) is 14.5. The first-order valence-corrected chi connectivity index (χ1v) is 10.3. The average molecular weight is 349 g/mol. The summed E-state index contributed by atoms with van der Waals surface area (Å²) in [6.07, 6.45) is 8.22. The third kappa shape index (κ3) is 4.63. The zero-order chi connectivity index (χ0) is 16.8. The van der Waals surface area contributed by atoms with Gasteiger partial charge in [-0.25, -0.2) is 4.98 Å². The van der Waals surface area contributed by atoms with Crippen LogP contribution in [0.5, 0.6) is 0 Å². The van der Waals surface area contributed by atoms with Gasteiger partial charge < -0.3 is 10.2 Å². The Hall–Kier alpha value is -1.27. The molecular formula is C18H28N4OS. The highest BCUT2D eigenvalue weighted by Crippen LogP contribution is 2.28. The molecule has 5 nitrogen and oxygen atoms in total. The number of carbonyl (C=O) groups excluding carboxylic acids is 1. The number of hydrogen-bond acceptors (Lipinski definition) is 5. The zero-order valence-corrected chi connectivity index (χ0v) is 15.3. The lowest BCUT2D eigenvalue weighted by Crippen LogP contribution is -2.48. The minimum Gasteiger partial charge on any atom is -0.354 e. The molecule has 3 rings (SSSR count). The number of piperazine rings is 1. The van der Waals surface area contributed by atoms with Crippen LogP contribution in [0.25, 0.3) is 0 Å². The highest BCUT2D eigenvalue weighted by molar-refractivity contribution is 7.99. The Morgan fingerprint density at radius 2 is 2.12 bits per heavy atom. The van der Waals surface area contributed by atoms with Gasteiger partial charge in [-0.15, -0.1) is 0 Å². The minimum absolute atomic E-state index is 0.216. The largest absolute Gasteiger partial charge is 0.354 e. The van der Waals surface area contributed by atoms with Crippen LogP contribution >= 0.6 is 11.8 Å².